The van der Waals surface area contributed by atoms with E-state index in [2.05, 4.69) is 0 Å². The van der Waals surface area contributed by atoms with E-state index in [-0.39, 0.29) is 18.7 Å². The summed E-state index contributed by atoms with van der Waals surface area (Å²) in [5, 5.41) is 0. The Kier molecular flexibility index (Phi) is 5.21. The summed E-state index contributed by atoms with van der Waals surface area (Å²) in [5.41, 5.74) is 4.08. The van der Waals surface area contributed by atoms with Crippen LogP contribution < -0.4 is 4.90 Å². The molecule has 0 saturated carbocycles. The number of benzene rings is 2. The van der Waals surface area contributed by atoms with Gasteiger partial charge < -0.3 is 4.74 Å². The molecule has 3 heteroatoms. The second-order valence-electron chi connectivity index (χ2n) is 5.74. The summed E-state index contributed by atoms with van der Waals surface area (Å²) in [7, 11) is 0. The molecular weight excluding hydrogens is 274 g/mol. The Morgan fingerprint density at radius 3 is 2.14 bits per heavy atom. The molecule has 2 aromatic carbocycles. The maximum absolute atomic E-state index is 12.6. The Labute approximate surface area is 132 Å². The average molecular weight is 297 g/mol. The van der Waals surface area contributed by atoms with Crippen LogP contribution in [0.5, 0.6) is 0 Å². The number of anilines is 1. The molecule has 3 nitrogen and oxygen atoms in total. The third kappa shape index (κ3) is 3.67. The van der Waals surface area contributed by atoms with Gasteiger partial charge in [-0.15, -0.1) is 0 Å². The normalized spacial score (nSPS) is 10.6. The van der Waals surface area contributed by atoms with Crippen molar-refractivity contribution in [3.8, 4) is 0 Å². The highest BCUT2D eigenvalue weighted by molar-refractivity contribution is 5.90. The number of carbonyl (C=O) groups is 1. The van der Waals surface area contributed by atoms with E-state index in [1.807, 2.05) is 76.2 Å². The number of amides is 1. The third-order valence-corrected chi connectivity index (χ3v) is 3.60. The summed E-state index contributed by atoms with van der Waals surface area (Å²) < 4.78 is 5.50. The quantitative estimate of drug-likeness (QED) is 0.807. The van der Waals surface area contributed by atoms with Gasteiger partial charge in [-0.2, -0.15) is 0 Å². The van der Waals surface area contributed by atoms with Gasteiger partial charge in [0.2, 0.25) is 0 Å². The molecule has 0 atom stereocenters. The van der Waals surface area contributed by atoms with E-state index in [1.165, 1.54) is 0 Å². The van der Waals surface area contributed by atoms with Crippen LogP contribution in [0.15, 0.2) is 48.5 Å². The fraction of sp³-hybridized carbons (Fsp3) is 0.316. The van der Waals surface area contributed by atoms with E-state index >= 15 is 0 Å². The van der Waals surface area contributed by atoms with Crippen molar-refractivity contribution in [1.29, 1.82) is 0 Å². The topological polar surface area (TPSA) is 29.5 Å². The second-order valence-corrected chi connectivity index (χ2v) is 5.74. The average Bonchev–Trinajstić information content (AvgIpc) is 2.49. The lowest BCUT2D eigenvalue weighted by molar-refractivity contribution is 0.145. The van der Waals surface area contributed by atoms with Crippen LogP contribution in [0.2, 0.25) is 0 Å². The summed E-state index contributed by atoms with van der Waals surface area (Å²) in [5.74, 6) is 0. The summed E-state index contributed by atoms with van der Waals surface area (Å²) in [4.78, 5) is 14.3. The number of aryl methyl sites for hydroxylation is 2. The number of ether oxygens (including phenoxy) is 1. The van der Waals surface area contributed by atoms with Gasteiger partial charge in [0.15, 0.2) is 0 Å². The Hall–Kier alpha value is -2.29. The first-order valence-corrected chi connectivity index (χ1v) is 7.57. The van der Waals surface area contributed by atoms with Crippen molar-refractivity contribution in [3.63, 3.8) is 0 Å². The minimum atomic E-state index is -0.309. The highest BCUT2D eigenvalue weighted by Crippen LogP contribution is 2.27. The highest BCUT2D eigenvalue weighted by atomic mass is 16.6. The van der Waals surface area contributed by atoms with Gasteiger partial charge in [-0.25, -0.2) is 4.79 Å². The molecule has 0 radical (unpaired) electrons. The van der Waals surface area contributed by atoms with Gasteiger partial charge in [-0.1, -0.05) is 48.5 Å². The monoisotopic (exact) mass is 297 g/mol. The first kappa shape index (κ1) is 16.1. The van der Waals surface area contributed by atoms with Gasteiger partial charge in [0.1, 0.15) is 6.61 Å². The molecule has 0 bridgehead atoms. The van der Waals surface area contributed by atoms with E-state index in [0.717, 1.165) is 22.4 Å². The third-order valence-electron chi connectivity index (χ3n) is 3.60. The zero-order valence-electron chi connectivity index (χ0n) is 13.7. The summed E-state index contributed by atoms with van der Waals surface area (Å²) in [6.07, 6.45) is -0.309. The number of nitrogens with zero attached hydrogens (tertiary/aromatic N) is 1. The largest absolute Gasteiger partial charge is 0.444 e. The standard InChI is InChI=1S/C19H23NO2/c1-14(2)20(18-15(3)9-8-10-16(18)4)19(21)22-13-17-11-6-5-7-12-17/h5-12,14H,13H2,1-4H3. The van der Waals surface area contributed by atoms with Crippen molar-refractivity contribution >= 4 is 11.8 Å². The van der Waals surface area contributed by atoms with Crippen LogP contribution in [-0.4, -0.2) is 12.1 Å². The maximum atomic E-state index is 12.6. The van der Waals surface area contributed by atoms with Gasteiger partial charge >= 0.3 is 6.09 Å². The Morgan fingerprint density at radius 1 is 1.00 bits per heavy atom. The van der Waals surface area contributed by atoms with Crippen molar-refractivity contribution in [3.05, 3.63) is 65.2 Å². The molecule has 0 fully saturated rings. The molecule has 116 valence electrons. The molecule has 0 aromatic heterocycles. The first-order chi connectivity index (χ1) is 10.5. The maximum Gasteiger partial charge on any atom is 0.414 e. The molecule has 0 aliphatic heterocycles. The van der Waals surface area contributed by atoms with E-state index in [1.54, 1.807) is 4.90 Å². The number of para-hydroxylation sites is 1. The van der Waals surface area contributed by atoms with E-state index in [0.29, 0.717) is 0 Å². The van der Waals surface area contributed by atoms with Gasteiger partial charge in [0.05, 0.1) is 5.69 Å². The Balaban J connectivity index is 2.19. The summed E-state index contributed by atoms with van der Waals surface area (Å²) in [6, 6.07) is 15.8. The Morgan fingerprint density at radius 2 is 1.59 bits per heavy atom. The van der Waals surface area contributed by atoms with Crippen LogP contribution in [0, 0.1) is 13.8 Å². The molecule has 2 aromatic rings. The van der Waals surface area contributed by atoms with Crippen LogP contribution in [0.4, 0.5) is 10.5 Å². The predicted octanol–water partition coefficient (Wildman–Crippen LogP) is 4.86. The van der Waals surface area contributed by atoms with Crippen LogP contribution in [0.25, 0.3) is 0 Å². The fourth-order valence-corrected chi connectivity index (χ4v) is 2.53. The molecule has 0 heterocycles. The summed E-state index contributed by atoms with van der Waals surface area (Å²) >= 11 is 0. The lowest BCUT2D eigenvalue weighted by Gasteiger charge is -2.29. The fourth-order valence-electron chi connectivity index (χ4n) is 2.53. The van der Waals surface area contributed by atoms with E-state index in [4.69, 9.17) is 4.74 Å². The number of rotatable bonds is 4. The molecule has 0 aliphatic rings. The van der Waals surface area contributed by atoms with Crippen molar-refractivity contribution < 1.29 is 9.53 Å². The molecule has 2 rings (SSSR count). The van der Waals surface area contributed by atoms with Crippen LogP contribution in [0.3, 0.4) is 0 Å². The Bertz CT molecular complexity index is 615. The number of hydrogen-bond acceptors (Lipinski definition) is 2. The van der Waals surface area contributed by atoms with Gasteiger partial charge in [0.25, 0.3) is 0 Å². The van der Waals surface area contributed by atoms with Crippen LogP contribution >= 0.6 is 0 Å². The number of hydrogen-bond donors (Lipinski definition) is 0. The van der Waals surface area contributed by atoms with Crippen LogP contribution in [0.1, 0.15) is 30.5 Å². The molecule has 0 N–H and O–H groups in total. The van der Waals surface area contributed by atoms with Crippen molar-refractivity contribution in [1.82, 2.24) is 0 Å². The number of carbonyl (C=O) groups excluding carboxylic acids is 1. The minimum absolute atomic E-state index is 0.0306. The second kappa shape index (κ2) is 7.12. The lowest BCUT2D eigenvalue weighted by Crippen LogP contribution is -2.38. The molecule has 0 saturated heterocycles. The molecule has 22 heavy (non-hydrogen) atoms. The van der Waals surface area contributed by atoms with Crippen molar-refractivity contribution in [2.75, 3.05) is 4.90 Å². The van der Waals surface area contributed by atoms with Crippen LogP contribution in [-0.2, 0) is 11.3 Å². The van der Waals surface area contributed by atoms with E-state index in [9.17, 15) is 4.79 Å². The summed E-state index contributed by atoms with van der Waals surface area (Å²) in [6.45, 7) is 8.31. The van der Waals surface area contributed by atoms with Gasteiger partial charge in [0, 0.05) is 6.04 Å². The molecular formula is C19H23NO2. The first-order valence-electron chi connectivity index (χ1n) is 7.57. The molecule has 0 spiro atoms. The predicted molar refractivity (Wildman–Crippen MR) is 90.2 cm³/mol. The minimum Gasteiger partial charge on any atom is -0.444 e. The molecule has 0 aliphatic carbocycles. The van der Waals surface area contributed by atoms with E-state index < -0.39 is 0 Å². The van der Waals surface area contributed by atoms with Crippen molar-refractivity contribution in [2.45, 2.75) is 40.3 Å². The van der Waals surface area contributed by atoms with Gasteiger partial charge in [-0.3, -0.25) is 4.90 Å². The highest BCUT2D eigenvalue weighted by Gasteiger charge is 2.23. The zero-order valence-corrected chi connectivity index (χ0v) is 13.7. The lowest BCUT2D eigenvalue weighted by atomic mass is 10.1. The molecule has 0 unspecified atom stereocenters. The SMILES string of the molecule is Cc1cccc(C)c1N(C(=O)OCc1ccccc1)C(C)C. The van der Waals surface area contributed by atoms with Crippen molar-refractivity contribution in [2.24, 2.45) is 0 Å². The molecule has 1 amide bonds. The zero-order chi connectivity index (χ0) is 16.1. The smallest absolute Gasteiger partial charge is 0.414 e. The van der Waals surface area contributed by atoms with Gasteiger partial charge in [-0.05, 0) is 44.4 Å².